The van der Waals surface area contributed by atoms with Crippen LogP contribution in [-0.4, -0.2) is 37.6 Å². The number of methoxy groups -OCH3 is 2. The number of rotatable bonds is 5. The predicted octanol–water partition coefficient (Wildman–Crippen LogP) is 3.61. The Bertz CT molecular complexity index is 1040. The summed E-state index contributed by atoms with van der Waals surface area (Å²) in [6.45, 7) is 2.36. The zero-order valence-corrected chi connectivity index (χ0v) is 17.2. The van der Waals surface area contributed by atoms with E-state index in [-0.39, 0.29) is 18.2 Å². The lowest BCUT2D eigenvalue weighted by Crippen LogP contribution is -2.28. The third-order valence-corrected chi connectivity index (χ3v) is 5.90. The number of hydrogen-bond acceptors (Lipinski definition) is 6. The summed E-state index contributed by atoms with van der Waals surface area (Å²) in [5.74, 6) is 0.522. The summed E-state index contributed by atoms with van der Waals surface area (Å²) in [5.41, 5.74) is 2.65. The summed E-state index contributed by atoms with van der Waals surface area (Å²) in [6, 6.07) is 11.3. The fourth-order valence-electron chi connectivity index (χ4n) is 3.37. The van der Waals surface area contributed by atoms with Crippen LogP contribution in [0.2, 0.25) is 0 Å². The first-order valence-electron chi connectivity index (χ1n) is 9.19. The van der Waals surface area contributed by atoms with Gasteiger partial charge in [-0.2, -0.15) is 0 Å². The second-order valence-electron chi connectivity index (χ2n) is 6.92. The molecular formula is C21H21N3O4S. The first kappa shape index (κ1) is 19.2. The molecule has 4 rings (SSSR count). The molecule has 1 aromatic heterocycles. The van der Waals surface area contributed by atoms with Crippen LogP contribution in [0.3, 0.4) is 0 Å². The van der Waals surface area contributed by atoms with Crippen molar-refractivity contribution in [3.8, 4) is 11.5 Å². The van der Waals surface area contributed by atoms with Crippen molar-refractivity contribution < 1.29 is 19.1 Å². The average molecular weight is 411 g/mol. The monoisotopic (exact) mass is 411 g/mol. The average Bonchev–Trinajstić information content (AvgIpc) is 3.29. The molecule has 0 aliphatic carbocycles. The van der Waals surface area contributed by atoms with Crippen LogP contribution in [0.1, 0.15) is 12.0 Å². The first-order valence-corrected chi connectivity index (χ1v) is 10.0. The molecule has 1 atom stereocenters. The molecule has 2 amide bonds. The van der Waals surface area contributed by atoms with Gasteiger partial charge in [0.05, 0.1) is 30.4 Å². The van der Waals surface area contributed by atoms with Crippen LogP contribution < -0.4 is 19.7 Å². The minimum atomic E-state index is -0.417. The Labute approximate surface area is 172 Å². The van der Waals surface area contributed by atoms with Gasteiger partial charge in [-0.3, -0.25) is 9.59 Å². The van der Waals surface area contributed by atoms with Gasteiger partial charge < -0.3 is 19.7 Å². The van der Waals surface area contributed by atoms with E-state index in [2.05, 4.69) is 10.3 Å². The van der Waals surface area contributed by atoms with E-state index in [1.54, 1.807) is 25.2 Å². The van der Waals surface area contributed by atoms with Crippen molar-refractivity contribution in [1.82, 2.24) is 4.98 Å². The third kappa shape index (κ3) is 3.75. The molecule has 3 aromatic rings. The summed E-state index contributed by atoms with van der Waals surface area (Å²) >= 11 is 1.36. The van der Waals surface area contributed by atoms with Gasteiger partial charge in [-0.15, -0.1) is 0 Å². The van der Waals surface area contributed by atoms with Gasteiger partial charge in [0.25, 0.3) is 0 Å². The molecule has 29 heavy (non-hydrogen) atoms. The van der Waals surface area contributed by atoms with Crippen LogP contribution >= 0.6 is 11.3 Å². The number of aromatic nitrogens is 1. The molecule has 1 aliphatic heterocycles. The Morgan fingerprint density at radius 3 is 2.55 bits per heavy atom. The molecule has 0 radical (unpaired) electrons. The summed E-state index contributed by atoms with van der Waals surface area (Å²) in [4.78, 5) is 31.3. The molecule has 1 N–H and O–H groups in total. The van der Waals surface area contributed by atoms with Gasteiger partial charge in [-0.05, 0) is 19.1 Å². The number of amides is 2. The highest BCUT2D eigenvalue weighted by Gasteiger charge is 2.35. The van der Waals surface area contributed by atoms with Crippen molar-refractivity contribution in [3.63, 3.8) is 0 Å². The summed E-state index contributed by atoms with van der Waals surface area (Å²) in [7, 11) is 3.14. The Morgan fingerprint density at radius 1 is 1.17 bits per heavy atom. The molecular weight excluding hydrogens is 390 g/mol. The van der Waals surface area contributed by atoms with Crippen molar-refractivity contribution in [2.45, 2.75) is 13.3 Å². The number of nitrogens with zero attached hydrogens (tertiary/aromatic N) is 2. The van der Waals surface area contributed by atoms with Crippen molar-refractivity contribution >= 4 is 44.2 Å². The van der Waals surface area contributed by atoms with Crippen LogP contribution in [0.5, 0.6) is 11.5 Å². The van der Waals surface area contributed by atoms with E-state index in [1.807, 2.05) is 37.3 Å². The van der Waals surface area contributed by atoms with Gasteiger partial charge in [0.15, 0.2) is 16.6 Å². The summed E-state index contributed by atoms with van der Waals surface area (Å²) in [6.07, 6.45) is 0.187. The second kappa shape index (κ2) is 7.71. The number of hydrogen-bond donors (Lipinski definition) is 1. The Balaban J connectivity index is 1.49. The molecule has 8 heteroatoms. The molecule has 0 bridgehead atoms. The number of carbonyl (C=O) groups is 2. The minimum absolute atomic E-state index is 0.0484. The molecule has 2 heterocycles. The van der Waals surface area contributed by atoms with Crippen LogP contribution in [0.15, 0.2) is 36.4 Å². The maximum atomic E-state index is 12.7. The quantitative estimate of drug-likeness (QED) is 0.694. The fourth-order valence-corrected chi connectivity index (χ4v) is 4.25. The Hall–Kier alpha value is -3.13. The van der Waals surface area contributed by atoms with Crippen molar-refractivity contribution in [2.75, 3.05) is 31.0 Å². The molecule has 2 aromatic carbocycles. The summed E-state index contributed by atoms with van der Waals surface area (Å²) in [5, 5.41) is 3.35. The van der Waals surface area contributed by atoms with E-state index in [9.17, 15) is 9.59 Å². The van der Waals surface area contributed by atoms with Crippen molar-refractivity contribution in [1.29, 1.82) is 0 Å². The third-order valence-electron chi connectivity index (χ3n) is 4.97. The van der Waals surface area contributed by atoms with Gasteiger partial charge in [0.2, 0.25) is 11.8 Å². The fraction of sp³-hybridized carbons (Fsp3) is 0.286. The van der Waals surface area contributed by atoms with Gasteiger partial charge >= 0.3 is 0 Å². The number of nitrogens with one attached hydrogen (secondary N) is 1. The van der Waals surface area contributed by atoms with Crippen molar-refractivity contribution in [2.24, 2.45) is 5.92 Å². The second-order valence-corrected chi connectivity index (χ2v) is 7.95. The standard InChI is InChI=1S/C21H21N3O4S/c1-12-4-6-14(7-5-12)24-11-13(8-19(24)25)20(26)23-21-22-15-9-16(27-2)17(28-3)10-18(15)29-21/h4-7,9-10,13H,8,11H2,1-3H3,(H,22,23,26). The van der Waals surface area contributed by atoms with Gasteiger partial charge in [0, 0.05) is 30.8 Å². The number of benzene rings is 2. The lowest BCUT2D eigenvalue weighted by atomic mass is 10.1. The molecule has 1 saturated heterocycles. The van der Waals surface area contributed by atoms with Gasteiger partial charge in [-0.25, -0.2) is 4.98 Å². The smallest absolute Gasteiger partial charge is 0.231 e. The highest BCUT2D eigenvalue weighted by atomic mass is 32.1. The highest BCUT2D eigenvalue weighted by Crippen LogP contribution is 2.36. The van der Waals surface area contributed by atoms with Crippen LogP contribution in [0.25, 0.3) is 10.2 Å². The number of aryl methyl sites for hydroxylation is 1. The molecule has 1 aliphatic rings. The molecule has 0 saturated carbocycles. The Kier molecular flexibility index (Phi) is 5.10. The molecule has 0 spiro atoms. The minimum Gasteiger partial charge on any atom is -0.493 e. The molecule has 7 nitrogen and oxygen atoms in total. The van der Waals surface area contributed by atoms with Gasteiger partial charge in [-0.1, -0.05) is 29.0 Å². The zero-order chi connectivity index (χ0) is 20.5. The lowest BCUT2D eigenvalue weighted by molar-refractivity contribution is -0.122. The molecule has 150 valence electrons. The van der Waals surface area contributed by atoms with Crippen LogP contribution in [0.4, 0.5) is 10.8 Å². The normalized spacial score (nSPS) is 16.3. The number of fused-ring (bicyclic) bond motifs is 1. The van der Waals surface area contributed by atoms with Crippen molar-refractivity contribution in [3.05, 3.63) is 42.0 Å². The largest absolute Gasteiger partial charge is 0.493 e. The maximum Gasteiger partial charge on any atom is 0.231 e. The van der Waals surface area contributed by atoms with Crippen LogP contribution in [-0.2, 0) is 9.59 Å². The molecule has 1 fully saturated rings. The number of anilines is 2. The van der Waals surface area contributed by atoms with E-state index in [4.69, 9.17) is 9.47 Å². The number of ether oxygens (including phenoxy) is 2. The van der Waals surface area contributed by atoms with E-state index < -0.39 is 5.92 Å². The SMILES string of the molecule is COc1cc2nc(NC(=O)C3CC(=O)N(c4ccc(C)cc4)C3)sc2cc1OC. The number of thiazole rings is 1. The Morgan fingerprint density at radius 2 is 1.86 bits per heavy atom. The predicted molar refractivity (Wildman–Crippen MR) is 113 cm³/mol. The topological polar surface area (TPSA) is 80.8 Å². The van der Waals surface area contributed by atoms with E-state index >= 15 is 0 Å². The van der Waals surface area contributed by atoms with Gasteiger partial charge in [0.1, 0.15) is 0 Å². The highest BCUT2D eigenvalue weighted by molar-refractivity contribution is 7.22. The lowest BCUT2D eigenvalue weighted by Gasteiger charge is -2.16. The maximum absolute atomic E-state index is 12.7. The zero-order valence-electron chi connectivity index (χ0n) is 16.4. The van der Waals surface area contributed by atoms with E-state index in [0.29, 0.717) is 28.7 Å². The number of carbonyl (C=O) groups excluding carboxylic acids is 2. The van der Waals surface area contributed by atoms with Crippen LogP contribution in [0, 0.1) is 12.8 Å². The van der Waals surface area contributed by atoms with E-state index in [1.165, 1.54) is 11.3 Å². The molecule has 1 unspecified atom stereocenters. The van der Waals surface area contributed by atoms with E-state index in [0.717, 1.165) is 16.0 Å². The first-order chi connectivity index (χ1) is 14.0. The summed E-state index contributed by atoms with van der Waals surface area (Å²) < 4.78 is 11.5.